The molecule has 152 valence electrons. The fourth-order valence-corrected chi connectivity index (χ4v) is 3.69. The zero-order valence-electron chi connectivity index (χ0n) is 16.2. The summed E-state index contributed by atoms with van der Waals surface area (Å²) in [5, 5.41) is 6.16. The second-order valence-corrected chi connectivity index (χ2v) is 7.55. The molecule has 2 N–H and O–H groups in total. The molecule has 1 aliphatic carbocycles. The van der Waals surface area contributed by atoms with Crippen LogP contribution in [0.15, 0.2) is 47.3 Å². The van der Waals surface area contributed by atoms with Gasteiger partial charge >= 0.3 is 0 Å². The Hall–Kier alpha value is -3.68. The first kappa shape index (κ1) is 18.4. The van der Waals surface area contributed by atoms with Gasteiger partial charge in [0.25, 0.3) is 11.5 Å². The van der Waals surface area contributed by atoms with Gasteiger partial charge in [0, 0.05) is 24.6 Å². The summed E-state index contributed by atoms with van der Waals surface area (Å²) in [7, 11) is 0. The molecule has 2 heterocycles. The number of aryl methyl sites for hydroxylation is 1. The lowest BCUT2D eigenvalue weighted by Crippen LogP contribution is -2.26. The number of fused-ring (bicyclic) bond motifs is 2. The van der Waals surface area contributed by atoms with Gasteiger partial charge in [-0.3, -0.25) is 19.0 Å². The zero-order valence-corrected chi connectivity index (χ0v) is 16.2. The molecule has 0 bridgehead atoms. The van der Waals surface area contributed by atoms with Crippen LogP contribution in [0.25, 0.3) is 10.9 Å². The Labute approximate surface area is 171 Å². The number of para-hydroxylation sites is 1. The standard InChI is InChI=1S/C22H20N4O4/c27-20(23-13-5-8-18-17(11-13)25-21(28)12-30-18)10-9-19-24-16-4-2-1-3-15(16)22(29)26(19)14-6-7-14/h1-5,8,11,14H,6-7,9-10,12H2,(H,23,27)(H,25,28). The van der Waals surface area contributed by atoms with Crippen molar-refractivity contribution in [3.8, 4) is 5.75 Å². The second-order valence-electron chi connectivity index (χ2n) is 7.55. The summed E-state index contributed by atoms with van der Waals surface area (Å²) >= 11 is 0. The van der Waals surface area contributed by atoms with Gasteiger partial charge in [0.2, 0.25) is 5.91 Å². The molecule has 2 amide bonds. The van der Waals surface area contributed by atoms with Crippen molar-refractivity contribution in [1.29, 1.82) is 0 Å². The number of rotatable bonds is 5. The van der Waals surface area contributed by atoms with Crippen molar-refractivity contribution in [2.75, 3.05) is 17.2 Å². The average Bonchev–Trinajstić information content (AvgIpc) is 3.57. The maximum Gasteiger partial charge on any atom is 0.262 e. The lowest BCUT2D eigenvalue weighted by Gasteiger charge is -2.18. The number of ether oxygens (including phenoxy) is 1. The Morgan fingerprint density at radius 2 is 2.03 bits per heavy atom. The van der Waals surface area contributed by atoms with Crippen LogP contribution >= 0.6 is 0 Å². The molecule has 0 atom stereocenters. The summed E-state index contributed by atoms with van der Waals surface area (Å²) in [4.78, 5) is 41.6. The van der Waals surface area contributed by atoms with Gasteiger partial charge in [-0.05, 0) is 43.2 Å². The molecular formula is C22H20N4O4. The number of carbonyl (C=O) groups excluding carboxylic acids is 2. The number of amides is 2. The molecule has 3 aromatic rings. The zero-order chi connectivity index (χ0) is 20.7. The van der Waals surface area contributed by atoms with Crippen LogP contribution in [0.4, 0.5) is 11.4 Å². The molecule has 1 aliphatic heterocycles. The molecule has 8 nitrogen and oxygen atoms in total. The molecule has 0 radical (unpaired) electrons. The van der Waals surface area contributed by atoms with Crippen molar-refractivity contribution in [3.63, 3.8) is 0 Å². The summed E-state index contributed by atoms with van der Waals surface area (Å²) in [5.74, 6) is 0.790. The van der Waals surface area contributed by atoms with Crippen LogP contribution in [-0.4, -0.2) is 28.0 Å². The maximum absolute atomic E-state index is 12.9. The predicted octanol–water partition coefficient (Wildman–Crippen LogP) is 2.63. The number of nitrogens with one attached hydrogen (secondary N) is 2. The highest BCUT2D eigenvalue weighted by Gasteiger charge is 2.28. The number of hydrogen-bond acceptors (Lipinski definition) is 5. The van der Waals surface area contributed by atoms with E-state index < -0.39 is 0 Å². The molecule has 2 aliphatic rings. The minimum atomic E-state index is -0.230. The van der Waals surface area contributed by atoms with Crippen LogP contribution in [0.3, 0.4) is 0 Å². The molecule has 0 spiro atoms. The largest absolute Gasteiger partial charge is 0.482 e. The Morgan fingerprint density at radius 1 is 1.20 bits per heavy atom. The molecule has 1 saturated carbocycles. The third-order valence-electron chi connectivity index (χ3n) is 5.26. The lowest BCUT2D eigenvalue weighted by atomic mass is 10.2. The minimum Gasteiger partial charge on any atom is -0.482 e. The van der Waals surface area contributed by atoms with E-state index >= 15 is 0 Å². The number of anilines is 2. The molecule has 5 rings (SSSR count). The number of benzene rings is 2. The van der Waals surface area contributed by atoms with Crippen LogP contribution < -0.4 is 20.9 Å². The van der Waals surface area contributed by atoms with E-state index in [2.05, 4.69) is 15.6 Å². The Balaban J connectivity index is 1.33. The van der Waals surface area contributed by atoms with Gasteiger partial charge in [-0.15, -0.1) is 0 Å². The van der Waals surface area contributed by atoms with E-state index in [1.54, 1.807) is 28.8 Å². The van der Waals surface area contributed by atoms with E-state index in [0.717, 1.165) is 12.8 Å². The summed E-state index contributed by atoms with van der Waals surface area (Å²) in [6.07, 6.45) is 2.48. The Kier molecular flexibility index (Phi) is 4.46. The van der Waals surface area contributed by atoms with Crippen molar-refractivity contribution in [3.05, 3.63) is 58.6 Å². The van der Waals surface area contributed by atoms with E-state index in [1.807, 2.05) is 18.2 Å². The summed E-state index contributed by atoms with van der Waals surface area (Å²) in [6, 6.07) is 12.6. The van der Waals surface area contributed by atoms with Crippen LogP contribution in [-0.2, 0) is 16.0 Å². The van der Waals surface area contributed by atoms with E-state index in [-0.39, 0.29) is 36.4 Å². The number of nitrogens with zero attached hydrogens (tertiary/aromatic N) is 2. The van der Waals surface area contributed by atoms with Gasteiger partial charge in [-0.2, -0.15) is 0 Å². The van der Waals surface area contributed by atoms with Crippen molar-refractivity contribution in [1.82, 2.24) is 9.55 Å². The van der Waals surface area contributed by atoms with Gasteiger partial charge in [-0.1, -0.05) is 12.1 Å². The fraction of sp³-hybridized carbons (Fsp3) is 0.273. The monoisotopic (exact) mass is 404 g/mol. The first-order chi connectivity index (χ1) is 14.6. The maximum atomic E-state index is 12.9. The smallest absolute Gasteiger partial charge is 0.262 e. The molecular weight excluding hydrogens is 384 g/mol. The van der Waals surface area contributed by atoms with E-state index in [0.29, 0.717) is 40.3 Å². The third-order valence-corrected chi connectivity index (χ3v) is 5.26. The van der Waals surface area contributed by atoms with Gasteiger partial charge in [-0.25, -0.2) is 4.98 Å². The summed E-state index contributed by atoms with van der Waals surface area (Å²) in [6.45, 7) is -0.0137. The Bertz CT molecular complexity index is 1230. The van der Waals surface area contributed by atoms with Gasteiger partial charge in [0.05, 0.1) is 16.6 Å². The predicted molar refractivity (Wildman–Crippen MR) is 112 cm³/mol. The SMILES string of the molecule is O=C(CCc1nc2ccccc2c(=O)n1C1CC1)Nc1ccc2c(c1)NC(=O)CO2. The van der Waals surface area contributed by atoms with Crippen molar-refractivity contribution < 1.29 is 14.3 Å². The van der Waals surface area contributed by atoms with E-state index in [4.69, 9.17) is 4.74 Å². The fourth-order valence-electron chi connectivity index (χ4n) is 3.69. The summed E-state index contributed by atoms with van der Waals surface area (Å²) in [5.41, 5.74) is 1.71. The van der Waals surface area contributed by atoms with E-state index in [1.165, 1.54) is 0 Å². The normalized spacial score (nSPS) is 15.3. The second kappa shape index (κ2) is 7.29. The molecule has 2 aromatic carbocycles. The quantitative estimate of drug-likeness (QED) is 0.681. The highest BCUT2D eigenvalue weighted by molar-refractivity contribution is 5.97. The molecule has 0 saturated heterocycles. The van der Waals surface area contributed by atoms with Crippen molar-refractivity contribution >= 4 is 34.1 Å². The molecule has 1 aromatic heterocycles. The van der Waals surface area contributed by atoms with Crippen LogP contribution in [0.5, 0.6) is 5.75 Å². The number of carbonyl (C=O) groups is 2. The average molecular weight is 404 g/mol. The lowest BCUT2D eigenvalue weighted by molar-refractivity contribution is -0.118. The van der Waals surface area contributed by atoms with Crippen molar-refractivity contribution in [2.24, 2.45) is 0 Å². The number of aromatic nitrogens is 2. The van der Waals surface area contributed by atoms with Crippen LogP contribution in [0.1, 0.15) is 31.1 Å². The molecule has 30 heavy (non-hydrogen) atoms. The van der Waals surface area contributed by atoms with Gasteiger partial charge < -0.3 is 15.4 Å². The van der Waals surface area contributed by atoms with Crippen LogP contribution in [0, 0.1) is 0 Å². The van der Waals surface area contributed by atoms with E-state index in [9.17, 15) is 14.4 Å². The van der Waals surface area contributed by atoms with Gasteiger partial charge in [0.15, 0.2) is 6.61 Å². The topological polar surface area (TPSA) is 102 Å². The third kappa shape index (κ3) is 3.52. The highest BCUT2D eigenvalue weighted by atomic mass is 16.5. The first-order valence-corrected chi connectivity index (χ1v) is 9.95. The highest BCUT2D eigenvalue weighted by Crippen LogP contribution is 2.35. The molecule has 0 unspecified atom stereocenters. The van der Waals surface area contributed by atoms with Gasteiger partial charge in [0.1, 0.15) is 11.6 Å². The first-order valence-electron chi connectivity index (χ1n) is 9.95. The molecule has 8 heteroatoms. The molecule has 1 fully saturated rings. The Morgan fingerprint density at radius 3 is 2.87 bits per heavy atom. The van der Waals surface area contributed by atoms with Crippen LogP contribution in [0.2, 0.25) is 0 Å². The minimum absolute atomic E-state index is 0.0137. The number of hydrogen-bond donors (Lipinski definition) is 2. The van der Waals surface area contributed by atoms with Crippen molar-refractivity contribution in [2.45, 2.75) is 31.7 Å². The summed E-state index contributed by atoms with van der Waals surface area (Å²) < 4.78 is 7.07.